The molecule has 0 saturated heterocycles. The van der Waals surface area contributed by atoms with E-state index in [0.29, 0.717) is 29.9 Å². The Morgan fingerprint density at radius 3 is 2.55 bits per heavy atom. The molecule has 0 aromatic heterocycles. The lowest BCUT2D eigenvalue weighted by Gasteiger charge is -2.16. The van der Waals surface area contributed by atoms with Gasteiger partial charge in [0.25, 0.3) is 5.91 Å². The highest BCUT2D eigenvalue weighted by Crippen LogP contribution is 2.30. The standard InChI is InChI=1S/C20H20N2O6S/c1-13(23)16-5-3-4-6-17(16)21-19(24)12-28-20(25)15-7-8-18-14(11-15)9-10-22(18)29(2,26)27/h3-8,11H,9-10,12H2,1-2H3,(H,21,24). The van der Waals surface area contributed by atoms with Crippen molar-refractivity contribution in [1.82, 2.24) is 0 Å². The van der Waals surface area contributed by atoms with Gasteiger partial charge in [-0.15, -0.1) is 0 Å². The maximum absolute atomic E-state index is 12.3. The van der Waals surface area contributed by atoms with Crippen molar-refractivity contribution in [3.8, 4) is 0 Å². The van der Waals surface area contributed by atoms with Gasteiger partial charge in [0, 0.05) is 12.1 Å². The topological polar surface area (TPSA) is 110 Å². The highest BCUT2D eigenvalue weighted by Gasteiger charge is 2.27. The van der Waals surface area contributed by atoms with E-state index in [9.17, 15) is 22.8 Å². The molecular formula is C20H20N2O6S. The zero-order valence-electron chi connectivity index (χ0n) is 16.0. The van der Waals surface area contributed by atoms with Gasteiger partial charge in [0.05, 0.1) is 23.2 Å². The van der Waals surface area contributed by atoms with Crippen LogP contribution in [0.1, 0.15) is 33.2 Å². The summed E-state index contributed by atoms with van der Waals surface area (Å²) in [5, 5.41) is 2.55. The maximum Gasteiger partial charge on any atom is 0.338 e. The van der Waals surface area contributed by atoms with Crippen LogP contribution in [0.15, 0.2) is 42.5 Å². The second kappa shape index (κ2) is 8.04. The second-order valence-electron chi connectivity index (χ2n) is 6.65. The van der Waals surface area contributed by atoms with Crippen molar-refractivity contribution in [3.63, 3.8) is 0 Å². The summed E-state index contributed by atoms with van der Waals surface area (Å²) in [5.74, 6) is -1.46. The van der Waals surface area contributed by atoms with Crippen molar-refractivity contribution in [2.45, 2.75) is 13.3 Å². The van der Waals surface area contributed by atoms with E-state index >= 15 is 0 Å². The Morgan fingerprint density at radius 2 is 1.86 bits per heavy atom. The molecule has 1 aliphatic heterocycles. The predicted molar refractivity (Wildman–Crippen MR) is 108 cm³/mol. The summed E-state index contributed by atoms with van der Waals surface area (Å²) in [6.45, 7) is 1.20. The van der Waals surface area contributed by atoms with Crippen molar-refractivity contribution < 1.29 is 27.5 Å². The van der Waals surface area contributed by atoms with Gasteiger partial charge in [-0.2, -0.15) is 0 Å². The summed E-state index contributed by atoms with van der Waals surface area (Å²) in [4.78, 5) is 36.0. The van der Waals surface area contributed by atoms with Crippen LogP contribution in [-0.4, -0.2) is 45.5 Å². The van der Waals surface area contributed by atoms with Crippen LogP contribution in [-0.2, 0) is 26.0 Å². The molecule has 0 fully saturated rings. The van der Waals surface area contributed by atoms with Crippen LogP contribution in [0.5, 0.6) is 0 Å². The molecule has 0 saturated carbocycles. The molecular weight excluding hydrogens is 396 g/mol. The molecule has 0 unspecified atom stereocenters. The smallest absolute Gasteiger partial charge is 0.338 e. The summed E-state index contributed by atoms with van der Waals surface area (Å²) in [6, 6.07) is 11.1. The number of amides is 1. The maximum atomic E-state index is 12.3. The lowest BCUT2D eigenvalue weighted by Crippen LogP contribution is -2.27. The largest absolute Gasteiger partial charge is 0.452 e. The number of nitrogens with one attached hydrogen (secondary N) is 1. The average Bonchev–Trinajstić information content (AvgIpc) is 3.10. The Bertz CT molecular complexity index is 1090. The first kappa shape index (κ1) is 20.5. The number of ketones is 1. The number of anilines is 2. The molecule has 0 aliphatic carbocycles. The number of benzene rings is 2. The van der Waals surface area contributed by atoms with E-state index in [1.807, 2.05) is 0 Å². The Hall–Kier alpha value is -3.20. The highest BCUT2D eigenvalue weighted by atomic mass is 32.2. The number of carbonyl (C=O) groups excluding carboxylic acids is 3. The Balaban J connectivity index is 1.63. The quantitative estimate of drug-likeness (QED) is 0.570. The Kier molecular flexibility index (Phi) is 5.69. The molecule has 0 atom stereocenters. The second-order valence-corrected chi connectivity index (χ2v) is 8.56. The zero-order valence-corrected chi connectivity index (χ0v) is 16.8. The number of hydrogen-bond acceptors (Lipinski definition) is 6. The summed E-state index contributed by atoms with van der Waals surface area (Å²) in [6.07, 6.45) is 1.62. The van der Waals surface area contributed by atoms with E-state index < -0.39 is 28.5 Å². The minimum atomic E-state index is -3.37. The third-order valence-electron chi connectivity index (χ3n) is 4.48. The number of hydrogen-bond donors (Lipinski definition) is 1. The van der Waals surface area contributed by atoms with Gasteiger partial charge in [-0.25, -0.2) is 13.2 Å². The van der Waals surface area contributed by atoms with Crippen molar-refractivity contribution in [1.29, 1.82) is 0 Å². The molecule has 1 amide bonds. The molecule has 0 spiro atoms. The Labute approximate surface area is 168 Å². The van der Waals surface area contributed by atoms with E-state index in [4.69, 9.17) is 4.74 Å². The summed E-state index contributed by atoms with van der Waals surface area (Å²) < 4.78 is 29.9. The summed E-state index contributed by atoms with van der Waals surface area (Å²) in [7, 11) is -3.37. The predicted octanol–water partition coefficient (Wildman–Crippen LogP) is 2.01. The molecule has 29 heavy (non-hydrogen) atoms. The number of ether oxygens (including phenoxy) is 1. The molecule has 2 aromatic rings. The fraction of sp³-hybridized carbons (Fsp3) is 0.250. The van der Waals surface area contributed by atoms with E-state index in [-0.39, 0.29) is 11.3 Å². The third kappa shape index (κ3) is 4.62. The monoisotopic (exact) mass is 416 g/mol. The molecule has 1 aliphatic rings. The van der Waals surface area contributed by atoms with Crippen molar-refractivity contribution in [2.24, 2.45) is 0 Å². The number of sulfonamides is 1. The minimum Gasteiger partial charge on any atom is -0.452 e. The fourth-order valence-corrected chi connectivity index (χ4v) is 4.10. The number of fused-ring (bicyclic) bond motifs is 1. The minimum absolute atomic E-state index is 0.195. The number of para-hydroxylation sites is 1. The van der Waals surface area contributed by atoms with Gasteiger partial charge in [-0.3, -0.25) is 13.9 Å². The lowest BCUT2D eigenvalue weighted by atomic mass is 10.1. The number of esters is 1. The van der Waals surface area contributed by atoms with Crippen LogP contribution < -0.4 is 9.62 Å². The highest BCUT2D eigenvalue weighted by molar-refractivity contribution is 7.92. The molecule has 9 heteroatoms. The molecule has 152 valence electrons. The van der Waals surface area contributed by atoms with Crippen molar-refractivity contribution >= 4 is 39.1 Å². The third-order valence-corrected chi connectivity index (χ3v) is 5.66. The summed E-state index contributed by atoms with van der Waals surface area (Å²) >= 11 is 0. The fourth-order valence-electron chi connectivity index (χ4n) is 3.14. The molecule has 0 bridgehead atoms. The molecule has 8 nitrogen and oxygen atoms in total. The lowest BCUT2D eigenvalue weighted by molar-refractivity contribution is -0.119. The number of rotatable bonds is 6. The average molecular weight is 416 g/mol. The normalized spacial score (nSPS) is 13.0. The van der Waals surface area contributed by atoms with Crippen LogP contribution in [0, 0.1) is 0 Å². The van der Waals surface area contributed by atoms with Crippen molar-refractivity contribution in [3.05, 3.63) is 59.2 Å². The van der Waals surface area contributed by atoms with E-state index in [2.05, 4.69) is 5.32 Å². The first-order valence-electron chi connectivity index (χ1n) is 8.84. The van der Waals surface area contributed by atoms with Gasteiger partial charge in [-0.1, -0.05) is 12.1 Å². The summed E-state index contributed by atoms with van der Waals surface area (Å²) in [5.41, 5.74) is 2.21. The molecule has 1 heterocycles. The van der Waals surface area contributed by atoms with E-state index in [0.717, 1.165) is 11.8 Å². The van der Waals surface area contributed by atoms with Gasteiger partial charge in [-0.05, 0) is 49.2 Å². The molecule has 0 radical (unpaired) electrons. The van der Waals surface area contributed by atoms with Crippen molar-refractivity contribution in [2.75, 3.05) is 29.0 Å². The Morgan fingerprint density at radius 1 is 1.14 bits per heavy atom. The van der Waals surface area contributed by atoms with E-state index in [1.165, 1.54) is 17.3 Å². The first-order valence-corrected chi connectivity index (χ1v) is 10.7. The van der Waals surface area contributed by atoms with Crippen LogP contribution in [0.25, 0.3) is 0 Å². The molecule has 2 aromatic carbocycles. The van der Waals surface area contributed by atoms with Crippen LogP contribution in [0.4, 0.5) is 11.4 Å². The van der Waals surface area contributed by atoms with Gasteiger partial charge in [0.15, 0.2) is 12.4 Å². The van der Waals surface area contributed by atoms with Crippen LogP contribution in [0.3, 0.4) is 0 Å². The molecule has 3 rings (SSSR count). The number of nitrogens with zero attached hydrogens (tertiary/aromatic N) is 1. The SMILES string of the molecule is CC(=O)c1ccccc1NC(=O)COC(=O)c1ccc2c(c1)CCN2S(C)(=O)=O. The van der Waals surface area contributed by atoms with Gasteiger partial charge in [0.2, 0.25) is 10.0 Å². The van der Waals surface area contributed by atoms with Gasteiger partial charge in [0.1, 0.15) is 0 Å². The first-order chi connectivity index (χ1) is 13.7. The number of carbonyl (C=O) groups is 3. The van der Waals surface area contributed by atoms with E-state index in [1.54, 1.807) is 36.4 Å². The van der Waals surface area contributed by atoms with Gasteiger partial charge < -0.3 is 10.1 Å². The van der Waals surface area contributed by atoms with Gasteiger partial charge >= 0.3 is 5.97 Å². The molecule has 1 N–H and O–H groups in total. The van der Waals surface area contributed by atoms with Crippen LogP contribution >= 0.6 is 0 Å². The van der Waals surface area contributed by atoms with Crippen LogP contribution in [0.2, 0.25) is 0 Å². The number of Topliss-reactive ketones (excluding diaryl/α,β-unsaturated/α-hetero) is 1. The zero-order chi connectivity index (χ0) is 21.2.